The van der Waals surface area contributed by atoms with Crippen LogP contribution in [0.25, 0.3) is 0 Å². The summed E-state index contributed by atoms with van der Waals surface area (Å²) < 4.78 is 26.8. The van der Waals surface area contributed by atoms with Gasteiger partial charge in [-0.15, -0.1) is 0 Å². The van der Waals surface area contributed by atoms with Gasteiger partial charge in [-0.05, 0) is 31.0 Å². The number of nitrogens with one attached hydrogen (secondary N) is 2. The number of aromatic nitrogens is 2. The average molecular weight is 340 g/mol. The third-order valence-corrected chi connectivity index (χ3v) is 3.59. The van der Waals surface area contributed by atoms with E-state index in [-0.39, 0.29) is 5.69 Å². The topological polar surface area (TPSA) is 49.8 Å². The van der Waals surface area contributed by atoms with Crippen molar-refractivity contribution in [2.24, 2.45) is 0 Å². The molecule has 0 bridgehead atoms. The van der Waals surface area contributed by atoms with Crippen molar-refractivity contribution in [1.29, 1.82) is 0 Å². The molecule has 25 heavy (non-hydrogen) atoms. The average Bonchev–Trinajstić information content (AvgIpc) is 2.58. The van der Waals surface area contributed by atoms with E-state index >= 15 is 0 Å². The molecular formula is C19H18F2N4. The highest BCUT2D eigenvalue weighted by atomic mass is 19.1. The molecule has 0 atom stereocenters. The highest BCUT2D eigenvalue weighted by Gasteiger charge is 2.07. The van der Waals surface area contributed by atoms with Gasteiger partial charge in [0.25, 0.3) is 0 Å². The second kappa shape index (κ2) is 7.70. The quantitative estimate of drug-likeness (QED) is 0.695. The Hall–Kier alpha value is -3.02. The van der Waals surface area contributed by atoms with Crippen LogP contribution in [0.5, 0.6) is 0 Å². The fraction of sp³-hybridized carbons (Fsp3) is 0.158. The van der Waals surface area contributed by atoms with Gasteiger partial charge in [-0.2, -0.15) is 4.98 Å². The van der Waals surface area contributed by atoms with E-state index in [2.05, 4.69) is 32.7 Å². The monoisotopic (exact) mass is 340 g/mol. The van der Waals surface area contributed by atoms with Gasteiger partial charge < -0.3 is 10.6 Å². The van der Waals surface area contributed by atoms with Crippen molar-refractivity contribution in [3.05, 3.63) is 77.5 Å². The van der Waals surface area contributed by atoms with Crippen LogP contribution in [0, 0.1) is 18.6 Å². The Labute approximate surface area is 145 Å². The van der Waals surface area contributed by atoms with Crippen molar-refractivity contribution in [3.63, 3.8) is 0 Å². The molecule has 0 aliphatic rings. The highest BCUT2D eigenvalue weighted by Crippen LogP contribution is 2.20. The molecule has 6 heteroatoms. The van der Waals surface area contributed by atoms with Crippen molar-refractivity contribution in [2.45, 2.75) is 13.3 Å². The number of benzene rings is 2. The van der Waals surface area contributed by atoms with Crippen LogP contribution < -0.4 is 10.6 Å². The Morgan fingerprint density at radius 3 is 2.52 bits per heavy atom. The molecule has 2 N–H and O–H groups in total. The summed E-state index contributed by atoms with van der Waals surface area (Å²) in [7, 11) is 0. The van der Waals surface area contributed by atoms with Gasteiger partial charge in [-0.3, -0.25) is 0 Å². The van der Waals surface area contributed by atoms with Gasteiger partial charge in [0, 0.05) is 24.4 Å². The van der Waals surface area contributed by atoms with E-state index in [0.717, 1.165) is 18.2 Å². The van der Waals surface area contributed by atoms with E-state index in [0.29, 0.717) is 18.3 Å². The molecule has 0 amide bonds. The Morgan fingerprint density at radius 2 is 1.76 bits per heavy atom. The van der Waals surface area contributed by atoms with E-state index in [4.69, 9.17) is 0 Å². The fourth-order valence-corrected chi connectivity index (χ4v) is 2.40. The minimum atomic E-state index is -0.671. The molecule has 3 aromatic rings. The van der Waals surface area contributed by atoms with Crippen LogP contribution in [0.4, 0.5) is 26.2 Å². The Bertz CT molecular complexity index is 853. The van der Waals surface area contributed by atoms with E-state index in [9.17, 15) is 8.78 Å². The van der Waals surface area contributed by atoms with Gasteiger partial charge in [-0.25, -0.2) is 13.8 Å². The van der Waals surface area contributed by atoms with Crippen LogP contribution >= 0.6 is 0 Å². The number of rotatable bonds is 6. The van der Waals surface area contributed by atoms with Crippen LogP contribution in [0.1, 0.15) is 11.3 Å². The summed E-state index contributed by atoms with van der Waals surface area (Å²) in [6, 6.07) is 15.2. The van der Waals surface area contributed by atoms with E-state index < -0.39 is 11.6 Å². The summed E-state index contributed by atoms with van der Waals surface area (Å²) in [4.78, 5) is 8.66. The number of anilines is 3. The van der Waals surface area contributed by atoms with Gasteiger partial charge in [0.15, 0.2) is 0 Å². The van der Waals surface area contributed by atoms with E-state index in [1.807, 2.05) is 25.1 Å². The maximum Gasteiger partial charge on any atom is 0.224 e. The predicted octanol–water partition coefficient (Wildman–Crippen LogP) is 4.46. The number of hydrogen-bond donors (Lipinski definition) is 2. The minimum absolute atomic E-state index is 0.162. The standard InChI is InChI=1S/C19H18F2N4/c1-13-11-18(24-17-8-7-15(20)12-16(17)21)25-19(23-13)22-10-9-14-5-3-2-4-6-14/h2-8,11-12H,9-10H2,1H3,(H2,22,23,24,25). The van der Waals surface area contributed by atoms with E-state index in [1.54, 1.807) is 6.07 Å². The van der Waals surface area contributed by atoms with Crippen molar-refractivity contribution >= 4 is 17.5 Å². The first-order chi connectivity index (χ1) is 12.1. The van der Waals surface area contributed by atoms with Crippen LogP contribution in [0.3, 0.4) is 0 Å². The molecule has 0 saturated heterocycles. The Morgan fingerprint density at radius 1 is 0.960 bits per heavy atom. The van der Waals surface area contributed by atoms with E-state index in [1.165, 1.54) is 17.7 Å². The van der Waals surface area contributed by atoms with Gasteiger partial charge >= 0.3 is 0 Å². The Kier molecular flexibility index (Phi) is 5.18. The molecule has 0 aliphatic carbocycles. The fourth-order valence-electron chi connectivity index (χ4n) is 2.40. The first kappa shape index (κ1) is 16.8. The zero-order valence-corrected chi connectivity index (χ0v) is 13.8. The second-order valence-corrected chi connectivity index (χ2v) is 5.63. The number of halogens is 2. The molecule has 1 heterocycles. The molecule has 0 radical (unpaired) electrons. The smallest absolute Gasteiger partial charge is 0.224 e. The first-order valence-corrected chi connectivity index (χ1v) is 7.96. The van der Waals surface area contributed by atoms with Crippen LogP contribution in [-0.4, -0.2) is 16.5 Å². The summed E-state index contributed by atoms with van der Waals surface area (Å²) in [5.74, 6) is -0.388. The van der Waals surface area contributed by atoms with Crippen molar-refractivity contribution in [3.8, 4) is 0 Å². The molecule has 0 aliphatic heterocycles. The maximum absolute atomic E-state index is 13.8. The Balaban J connectivity index is 1.67. The molecule has 2 aromatic carbocycles. The number of nitrogens with zero attached hydrogens (tertiary/aromatic N) is 2. The molecular weight excluding hydrogens is 322 g/mol. The summed E-state index contributed by atoms with van der Waals surface area (Å²) in [6.45, 7) is 2.51. The van der Waals surface area contributed by atoms with Crippen LogP contribution in [0.2, 0.25) is 0 Å². The van der Waals surface area contributed by atoms with Crippen molar-refractivity contribution in [1.82, 2.24) is 9.97 Å². The SMILES string of the molecule is Cc1cc(Nc2ccc(F)cc2F)nc(NCCc2ccccc2)n1. The van der Waals surface area contributed by atoms with Gasteiger partial charge in [0.1, 0.15) is 17.5 Å². The lowest BCUT2D eigenvalue weighted by Gasteiger charge is -2.10. The second-order valence-electron chi connectivity index (χ2n) is 5.63. The van der Waals surface area contributed by atoms with Crippen molar-refractivity contribution < 1.29 is 8.78 Å². The summed E-state index contributed by atoms with van der Waals surface area (Å²) in [5.41, 5.74) is 2.12. The van der Waals surface area contributed by atoms with Gasteiger partial charge in [-0.1, -0.05) is 30.3 Å². The maximum atomic E-state index is 13.8. The predicted molar refractivity (Wildman–Crippen MR) is 95.0 cm³/mol. The molecule has 3 rings (SSSR count). The zero-order valence-electron chi connectivity index (χ0n) is 13.8. The third kappa shape index (κ3) is 4.73. The molecule has 128 valence electrons. The number of aryl methyl sites for hydroxylation is 1. The molecule has 1 aromatic heterocycles. The molecule has 0 unspecified atom stereocenters. The lowest BCUT2D eigenvalue weighted by Crippen LogP contribution is -2.09. The lowest BCUT2D eigenvalue weighted by molar-refractivity contribution is 0.586. The molecule has 4 nitrogen and oxygen atoms in total. The first-order valence-electron chi connectivity index (χ1n) is 7.96. The molecule has 0 fully saturated rings. The van der Waals surface area contributed by atoms with Gasteiger partial charge in [0.2, 0.25) is 5.95 Å². The summed E-state index contributed by atoms with van der Waals surface area (Å²) in [5, 5.41) is 6.02. The number of hydrogen-bond acceptors (Lipinski definition) is 4. The van der Waals surface area contributed by atoms with Gasteiger partial charge in [0.05, 0.1) is 5.69 Å². The van der Waals surface area contributed by atoms with Crippen molar-refractivity contribution in [2.75, 3.05) is 17.2 Å². The normalized spacial score (nSPS) is 10.5. The molecule has 0 saturated carbocycles. The van der Waals surface area contributed by atoms with Crippen LogP contribution in [-0.2, 0) is 6.42 Å². The van der Waals surface area contributed by atoms with Crippen LogP contribution in [0.15, 0.2) is 54.6 Å². The largest absolute Gasteiger partial charge is 0.354 e. The third-order valence-electron chi connectivity index (χ3n) is 3.59. The zero-order chi connectivity index (χ0) is 17.6. The summed E-state index contributed by atoms with van der Waals surface area (Å²) >= 11 is 0. The highest BCUT2D eigenvalue weighted by molar-refractivity contribution is 5.58. The lowest BCUT2D eigenvalue weighted by atomic mass is 10.1. The molecule has 0 spiro atoms. The minimum Gasteiger partial charge on any atom is -0.354 e. The summed E-state index contributed by atoms with van der Waals surface area (Å²) in [6.07, 6.45) is 0.841.